The van der Waals surface area contributed by atoms with Gasteiger partial charge in [-0.15, -0.1) is 11.3 Å². The highest BCUT2D eigenvalue weighted by Crippen LogP contribution is 2.10. The molecule has 0 amide bonds. The lowest BCUT2D eigenvalue weighted by Crippen LogP contribution is -2.10. The first-order valence-electron chi connectivity index (χ1n) is 4.58. The van der Waals surface area contributed by atoms with Gasteiger partial charge in [-0.1, -0.05) is 0 Å². The monoisotopic (exact) mass is 230 g/mol. The molecule has 1 heterocycles. The van der Waals surface area contributed by atoms with Gasteiger partial charge in [-0.25, -0.2) is 9.78 Å². The number of esters is 1. The van der Waals surface area contributed by atoms with Gasteiger partial charge in [0.15, 0.2) is 5.69 Å². The largest absolute Gasteiger partial charge is 0.458 e. The second-order valence-corrected chi connectivity index (χ2v) is 3.74. The number of hydrogen-bond acceptors (Lipinski definition) is 6. The van der Waals surface area contributed by atoms with E-state index in [-0.39, 0.29) is 6.61 Å². The molecule has 0 aliphatic heterocycles. The summed E-state index contributed by atoms with van der Waals surface area (Å²) in [4.78, 5) is 15.5. The van der Waals surface area contributed by atoms with Crippen LogP contribution in [0.25, 0.3) is 0 Å². The van der Waals surface area contributed by atoms with Gasteiger partial charge in [0, 0.05) is 18.9 Å². The summed E-state index contributed by atoms with van der Waals surface area (Å²) >= 11 is 1.42. The molecule has 0 spiro atoms. The van der Waals surface area contributed by atoms with Crippen LogP contribution in [0.15, 0.2) is 5.38 Å². The molecule has 0 saturated heterocycles. The standard InChI is InChI=1S/C9H14N2O3S/c1-13-4-5-14-9(12)7-6-15-8(11-7)2-3-10/h6H,2-5,10H2,1H3. The fraction of sp³-hybridized carbons (Fsp3) is 0.556. The molecule has 15 heavy (non-hydrogen) atoms. The molecule has 5 nitrogen and oxygen atoms in total. The number of methoxy groups -OCH3 is 1. The minimum Gasteiger partial charge on any atom is -0.458 e. The Morgan fingerprint density at radius 3 is 3.07 bits per heavy atom. The van der Waals surface area contributed by atoms with E-state index in [4.69, 9.17) is 15.2 Å². The third-order valence-electron chi connectivity index (χ3n) is 1.64. The van der Waals surface area contributed by atoms with E-state index in [2.05, 4.69) is 4.98 Å². The molecule has 0 aliphatic carbocycles. The summed E-state index contributed by atoms with van der Waals surface area (Å²) in [7, 11) is 1.55. The van der Waals surface area contributed by atoms with Crippen molar-refractivity contribution in [1.29, 1.82) is 0 Å². The fourth-order valence-corrected chi connectivity index (χ4v) is 1.72. The Kier molecular flexibility index (Phi) is 5.23. The lowest BCUT2D eigenvalue weighted by molar-refractivity contribution is 0.0382. The maximum atomic E-state index is 11.4. The molecule has 0 fully saturated rings. The number of aromatic nitrogens is 1. The summed E-state index contributed by atoms with van der Waals surface area (Å²) < 4.78 is 9.67. The quantitative estimate of drug-likeness (QED) is 0.567. The zero-order valence-electron chi connectivity index (χ0n) is 8.56. The topological polar surface area (TPSA) is 74.4 Å². The van der Waals surface area contributed by atoms with Gasteiger partial charge in [-0.05, 0) is 6.54 Å². The van der Waals surface area contributed by atoms with Gasteiger partial charge >= 0.3 is 5.97 Å². The number of carbonyl (C=O) groups excluding carboxylic acids is 1. The molecule has 0 unspecified atom stereocenters. The molecule has 6 heteroatoms. The minimum absolute atomic E-state index is 0.249. The summed E-state index contributed by atoms with van der Waals surface area (Å²) in [5.74, 6) is -0.411. The van der Waals surface area contributed by atoms with Crippen LogP contribution in [0.2, 0.25) is 0 Å². The van der Waals surface area contributed by atoms with Crippen LogP contribution in [0.4, 0.5) is 0 Å². The van der Waals surface area contributed by atoms with Gasteiger partial charge < -0.3 is 15.2 Å². The molecule has 1 rings (SSSR count). The van der Waals surface area contributed by atoms with Crippen LogP contribution >= 0.6 is 11.3 Å². The highest BCUT2D eigenvalue weighted by atomic mass is 32.1. The smallest absolute Gasteiger partial charge is 0.357 e. The third kappa shape index (κ3) is 3.94. The molecule has 0 aliphatic rings. The van der Waals surface area contributed by atoms with Crippen molar-refractivity contribution in [3.05, 3.63) is 16.1 Å². The highest BCUT2D eigenvalue weighted by Gasteiger charge is 2.11. The Hall–Kier alpha value is -0.980. The number of rotatable bonds is 6. The fourth-order valence-electron chi connectivity index (χ4n) is 0.935. The van der Waals surface area contributed by atoms with Crippen LogP contribution in [0.5, 0.6) is 0 Å². The molecule has 1 aromatic rings. The van der Waals surface area contributed by atoms with E-state index < -0.39 is 5.97 Å². The average molecular weight is 230 g/mol. The van der Waals surface area contributed by atoms with E-state index in [1.54, 1.807) is 12.5 Å². The molecule has 0 bridgehead atoms. The first-order chi connectivity index (χ1) is 7.27. The number of hydrogen-bond donors (Lipinski definition) is 1. The van der Waals surface area contributed by atoms with Crippen molar-refractivity contribution in [3.8, 4) is 0 Å². The van der Waals surface area contributed by atoms with Crippen LogP contribution in [0.1, 0.15) is 15.5 Å². The number of nitrogens with two attached hydrogens (primary N) is 1. The predicted octanol–water partition coefficient (Wildman–Crippen LogP) is 0.448. The molecular formula is C9H14N2O3S. The molecule has 2 N–H and O–H groups in total. The van der Waals surface area contributed by atoms with Gasteiger partial charge in [0.25, 0.3) is 0 Å². The lowest BCUT2D eigenvalue weighted by atomic mass is 10.4. The van der Waals surface area contributed by atoms with Gasteiger partial charge in [0.2, 0.25) is 0 Å². The Morgan fingerprint density at radius 1 is 1.60 bits per heavy atom. The van der Waals surface area contributed by atoms with E-state index in [9.17, 15) is 4.79 Å². The number of carbonyl (C=O) groups is 1. The van der Waals surface area contributed by atoms with Gasteiger partial charge in [-0.2, -0.15) is 0 Å². The van der Waals surface area contributed by atoms with Crippen molar-refractivity contribution in [2.45, 2.75) is 6.42 Å². The lowest BCUT2D eigenvalue weighted by Gasteiger charge is -2.00. The molecule has 0 saturated carbocycles. The zero-order valence-corrected chi connectivity index (χ0v) is 9.38. The van der Waals surface area contributed by atoms with E-state index in [1.807, 2.05) is 0 Å². The van der Waals surface area contributed by atoms with Crippen LogP contribution in [0, 0.1) is 0 Å². The second kappa shape index (κ2) is 6.49. The predicted molar refractivity (Wildman–Crippen MR) is 57.0 cm³/mol. The zero-order chi connectivity index (χ0) is 11.1. The van der Waals surface area contributed by atoms with Crippen molar-refractivity contribution in [1.82, 2.24) is 4.98 Å². The first-order valence-corrected chi connectivity index (χ1v) is 5.46. The number of nitrogens with zero attached hydrogens (tertiary/aromatic N) is 1. The van der Waals surface area contributed by atoms with E-state index in [0.717, 1.165) is 5.01 Å². The Bertz CT molecular complexity index is 314. The highest BCUT2D eigenvalue weighted by molar-refractivity contribution is 7.09. The van der Waals surface area contributed by atoms with E-state index in [1.165, 1.54) is 11.3 Å². The maximum absolute atomic E-state index is 11.4. The summed E-state index contributed by atoms with van der Waals surface area (Å²) in [6, 6.07) is 0. The third-order valence-corrected chi connectivity index (χ3v) is 2.55. The minimum atomic E-state index is -0.411. The van der Waals surface area contributed by atoms with Gasteiger partial charge in [-0.3, -0.25) is 0 Å². The van der Waals surface area contributed by atoms with Crippen LogP contribution in [-0.4, -0.2) is 37.8 Å². The first kappa shape index (κ1) is 12.1. The summed E-state index contributed by atoms with van der Waals surface area (Å²) in [6.45, 7) is 1.18. The van der Waals surface area contributed by atoms with Crippen LogP contribution < -0.4 is 5.73 Å². The Morgan fingerprint density at radius 2 is 2.40 bits per heavy atom. The maximum Gasteiger partial charge on any atom is 0.357 e. The second-order valence-electron chi connectivity index (χ2n) is 2.79. The van der Waals surface area contributed by atoms with Crippen molar-refractivity contribution in [2.75, 3.05) is 26.9 Å². The molecule has 0 atom stereocenters. The number of ether oxygens (including phenoxy) is 2. The molecule has 1 aromatic heterocycles. The van der Waals surface area contributed by atoms with E-state index >= 15 is 0 Å². The SMILES string of the molecule is COCCOC(=O)c1csc(CCN)n1. The number of thiazole rings is 1. The summed E-state index contributed by atoms with van der Waals surface area (Å²) in [5.41, 5.74) is 5.72. The van der Waals surface area contributed by atoms with Crippen molar-refractivity contribution < 1.29 is 14.3 Å². The summed E-state index contributed by atoms with van der Waals surface area (Å²) in [5, 5.41) is 2.54. The van der Waals surface area contributed by atoms with Crippen molar-refractivity contribution >= 4 is 17.3 Å². The van der Waals surface area contributed by atoms with Crippen LogP contribution in [-0.2, 0) is 15.9 Å². The van der Waals surface area contributed by atoms with E-state index in [0.29, 0.717) is 25.3 Å². The molecule has 0 radical (unpaired) electrons. The molecule has 84 valence electrons. The average Bonchev–Trinajstić information content (AvgIpc) is 2.67. The van der Waals surface area contributed by atoms with Crippen molar-refractivity contribution in [3.63, 3.8) is 0 Å². The van der Waals surface area contributed by atoms with Crippen LogP contribution in [0.3, 0.4) is 0 Å². The van der Waals surface area contributed by atoms with Crippen molar-refractivity contribution in [2.24, 2.45) is 5.73 Å². The Balaban J connectivity index is 2.43. The summed E-state index contributed by atoms with van der Waals surface area (Å²) in [6.07, 6.45) is 0.690. The normalized spacial score (nSPS) is 10.3. The van der Waals surface area contributed by atoms with Gasteiger partial charge in [0.1, 0.15) is 6.61 Å². The molecular weight excluding hydrogens is 216 g/mol. The Labute approximate surface area is 92.2 Å². The molecule has 0 aromatic carbocycles. The van der Waals surface area contributed by atoms with Gasteiger partial charge in [0.05, 0.1) is 11.6 Å².